The standard InChI is InChI=1S/C21H18Cl2N4O2S2/c22-17-9-15(10-18(23)12-17)11-19-14-30-21(25-19)26-5-7-27(8-6-26)31(28,29)20-4-2-1-3-16(20)13-24/h1-4,9-10,12,14H,5-8,11H2. The molecule has 10 heteroatoms. The Labute approximate surface area is 195 Å². The fourth-order valence-corrected chi connectivity index (χ4v) is 6.50. The third kappa shape index (κ3) is 4.86. The van der Waals surface area contributed by atoms with Crippen molar-refractivity contribution in [3.63, 3.8) is 0 Å². The highest BCUT2D eigenvalue weighted by atomic mass is 35.5. The number of rotatable bonds is 5. The van der Waals surface area contributed by atoms with Crippen molar-refractivity contribution in [1.82, 2.24) is 9.29 Å². The highest BCUT2D eigenvalue weighted by molar-refractivity contribution is 7.89. The Hall–Kier alpha value is -2.15. The summed E-state index contributed by atoms with van der Waals surface area (Å²) in [5.41, 5.74) is 2.06. The summed E-state index contributed by atoms with van der Waals surface area (Å²) in [4.78, 5) is 6.85. The number of hydrogen-bond acceptors (Lipinski definition) is 6. The zero-order valence-electron chi connectivity index (χ0n) is 16.3. The molecule has 0 atom stereocenters. The molecule has 0 N–H and O–H groups in total. The molecule has 0 saturated carbocycles. The van der Waals surface area contributed by atoms with Gasteiger partial charge in [-0.25, -0.2) is 13.4 Å². The first-order valence-electron chi connectivity index (χ1n) is 9.50. The Balaban J connectivity index is 1.43. The maximum atomic E-state index is 13.0. The number of thiazole rings is 1. The molecule has 2 heterocycles. The first-order valence-corrected chi connectivity index (χ1v) is 12.6. The molecule has 4 rings (SSSR count). The molecule has 1 aliphatic rings. The number of hydrogen-bond donors (Lipinski definition) is 0. The summed E-state index contributed by atoms with van der Waals surface area (Å²) in [6, 6.07) is 13.7. The molecule has 1 fully saturated rings. The third-order valence-corrected chi connectivity index (χ3v) is 8.33. The summed E-state index contributed by atoms with van der Waals surface area (Å²) in [6.45, 7) is 1.73. The minimum absolute atomic E-state index is 0.0580. The SMILES string of the molecule is N#Cc1ccccc1S(=O)(=O)N1CCN(c2nc(Cc3cc(Cl)cc(Cl)c3)cs2)CC1. The van der Waals surface area contributed by atoms with Gasteiger partial charge < -0.3 is 4.90 Å². The van der Waals surface area contributed by atoms with Crippen molar-refractivity contribution >= 4 is 49.7 Å². The number of sulfonamides is 1. The van der Waals surface area contributed by atoms with E-state index in [1.165, 1.54) is 27.8 Å². The van der Waals surface area contributed by atoms with Crippen molar-refractivity contribution in [3.05, 3.63) is 74.7 Å². The van der Waals surface area contributed by atoms with E-state index >= 15 is 0 Å². The summed E-state index contributed by atoms with van der Waals surface area (Å²) in [5.74, 6) is 0. The molecule has 0 spiro atoms. The van der Waals surface area contributed by atoms with Gasteiger partial charge in [-0.1, -0.05) is 35.3 Å². The van der Waals surface area contributed by atoms with Gasteiger partial charge in [-0.15, -0.1) is 11.3 Å². The van der Waals surface area contributed by atoms with Crippen molar-refractivity contribution in [2.45, 2.75) is 11.3 Å². The Bertz CT molecular complexity index is 1230. The lowest BCUT2D eigenvalue weighted by Crippen LogP contribution is -2.48. The predicted octanol–water partition coefficient (Wildman–Crippen LogP) is 4.42. The number of aromatic nitrogens is 1. The lowest BCUT2D eigenvalue weighted by Gasteiger charge is -2.33. The van der Waals surface area contributed by atoms with Gasteiger partial charge in [0.1, 0.15) is 6.07 Å². The van der Waals surface area contributed by atoms with E-state index < -0.39 is 10.0 Å². The average Bonchev–Trinajstić information content (AvgIpc) is 3.21. The minimum atomic E-state index is -3.71. The van der Waals surface area contributed by atoms with Crippen LogP contribution in [-0.2, 0) is 16.4 Å². The quantitative estimate of drug-likeness (QED) is 0.526. The molecule has 0 amide bonds. The summed E-state index contributed by atoms with van der Waals surface area (Å²) in [7, 11) is -3.71. The molecule has 0 aliphatic carbocycles. The van der Waals surface area contributed by atoms with Crippen molar-refractivity contribution in [2.75, 3.05) is 31.1 Å². The summed E-state index contributed by atoms with van der Waals surface area (Å²) >= 11 is 13.7. The first kappa shape index (κ1) is 22.1. The van der Waals surface area contributed by atoms with Crippen LogP contribution in [0.25, 0.3) is 0 Å². The molecule has 3 aromatic rings. The van der Waals surface area contributed by atoms with E-state index in [-0.39, 0.29) is 10.5 Å². The van der Waals surface area contributed by atoms with Gasteiger partial charge in [-0.3, -0.25) is 0 Å². The molecular formula is C21H18Cl2N4O2S2. The Kier molecular flexibility index (Phi) is 6.51. The van der Waals surface area contributed by atoms with Crippen LogP contribution in [0.4, 0.5) is 5.13 Å². The highest BCUT2D eigenvalue weighted by Gasteiger charge is 2.31. The molecule has 160 valence electrons. The lowest BCUT2D eigenvalue weighted by molar-refractivity contribution is 0.384. The van der Waals surface area contributed by atoms with Crippen LogP contribution in [0.3, 0.4) is 0 Å². The van der Waals surface area contributed by atoms with Crippen molar-refractivity contribution < 1.29 is 8.42 Å². The van der Waals surface area contributed by atoms with Crippen molar-refractivity contribution in [2.24, 2.45) is 0 Å². The fourth-order valence-electron chi connectivity index (χ4n) is 3.49. The average molecular weight is 493 g/mol. The fraction of sp³-hybridized carbons (Fsp3) is 0.238. The largest absolute Gasteiger partial charge is 0.345 e. The van der Waals surface area contributed by atoms with Gasteiger partial charge >= 0.3 is 0 Å². The summed E-state index contributed by atoms with van der Waals surface area (Å²) in [6.07, 6.45) is 0.621. The van der Waals surface area contributed by atoms with Crippen LogP contribution < -0.4 is 4.90 Å². The van der Waals surface area contributed by atoms with E-state index in [9.17, 15) is 13.7 Å². The molecule has 6 nitrogen and oxygen atoms in total. The van der Waals surface area contributed by atoms with Crippen LogP contribution in [0.2, 0.25) is 10.0 Å². The molecule has 0 unspecified atom stereocenters. The molecule has 1 aromatic heterocycles. The molecule has 1 saturated heterocycles. The number of anilines is 1. The van der Waals surface area contributed by atoms with Gasteiger partial charge in [-0.05, 0) is 35.9 Å². The van der Waals surface area contributed by atoms with Crippen LogP contribution in [0.1, 0.15) is 16.8 Å². The van der Waals surface area contributed by atoms with Gasteiger partial charge in [0, 0.05) is 48.0 Å². The maximum absolute atomic E-state index is 13.0. The number of piperazine rings is 1. The summed E-state index contributed by atoms with van der Waals surface area (Å²) < 4.78 is 27.4. The minimum Gasteiger partial charge on any atom is -0.345 e. The van der Waals surface area contributed by atoms with Gasteiger partial charge in [0.15, 0.2) is 5.13 Å². The van der Waals surface area contributed by atoms with Crippen LogP contribution in [-0.4, -0.2) is 43.9 Å². The summed E-state index contributed by atoms with van der Waals surface area (Å²) in [5, 5.41) is 13.3. The maximum Gasteiger partial charge on any atom is 0.244 e. The molecule has 0 bridgehead atoms. The molecule has 2 aromatic carbocycles. The van der Waals surface area contributed by atoms with E-state index in [4.69, 9.17) is 28.2 Å². The van der Waals surface area contributed by atoms with Gasteiger partial charge in [0.25, 0.3) is 0 Å². The van der Waals surface area contributed by atoms with Crippen molar-refractivity contribution in [3.8, 4) is 6.07 Å². The lowest BCUT2D eigenvalue weighted by atomic mass is 10.1. The Morgan fingerprint density at radius 1 is 1.06 bits per heavy atom. The molecule has 1 aliphatic heterocycles. The van der Waals surface area contributed by atoms with Crippen LogP contribution in [0, 0.1) is 11.3 Å². The van der Waals surface area contributed by atoms with Gasteiger partial charge in [0.2, 0.25) is 10.0 Å². The monoisotopic (exact) mass is 492 g/mol. The van der Waals surface area contributed by atoms with Crippen LogP contribution in [0.15, 0.2) is 52.7 Å². The molecule has 31 heavy (non-hydrogen) atoms. The smallest absolute Gasteiger partial charge is 0.244 e. The Morgan fingerprint density at radius 3 is 2.42 bits per heavy atom. The zero-order valence-corrected chi connectivity index (χ0v) is 19.5. The van der Waals surface area contributed by atoms with E-state index in [1.807, 2.05) is 23.6 Å². The zero-order chi connectivity index (χ0) is 22.0. The predicted molar refractivity (Wildman–Crippen MR) is 124 cm³/mol. The molecular weight excluding hydrogens is 475 g/mol. The second kappa shape index (κ2) is 9.15. The normalized spacial score (nSPS) is 15.1. The van der Waals surface area contributed by atoms with Crippen molar-refractivity contribution in [1.29, 1.82) is 5.26 Å². The third-order valence-electron chi connectivity index (χ3n) is 4.98. The van der Waals surface area contributed by atoms with E-state index in [2.05, 4.69) is 4.90 Å². The topological polar surface area (TPSA) is 77.3 Å². The second-order valence-corrected chi connectivity index (χ2v) is 10.7. The first-order chi connectivity index (χ1) is 14.9. The van der Waals surface area contributed by atoms with E-state index in [1.54, 1.807) is 18.2 Å². The number of benzene rings is 2. The Morgan fingerprint density at radius 2 is 1.74 bits per heavy atom. The van der Waals surface area contributed by atoms with Crippen LogP contribution in [0.5, 0.6) is 0 Å². The van der Waals surface area contributed by atoms with Gasteiger partial charge in [0.05, 0.1) is 16.2 Å². The van der Waals surface area contributed by atoms with Crippen LogP contribution >= 0.6 is 34.5 Å². The number of halogens is 2. The highest BCUT2D eigenvalue weighted by Crippen LogP contribution is 2.27. The number of nitriles is 1. The van der Waals surface area contributed by atoms with E-state index in [0.29, 0.717) is 42.6 Å². The number of nitrogens with zero attached hydrogens (tertiary/aromatic N) is 4. The van der Waals surface area contributed by atoms with Gasteiger partial charge in [-0.2, -0.15) is 9.57 Å². The van der Waals surface area contributed by atoms with E-state index in [0.717, 1.165) is 16.4 Å². The second-order valence-electron chi connectivity index (χ2n) is 7.07. The molecule has 0 radical (unpaired) electrons.